The van der Waals surface area contributed by atoms with Gasteiger partial charge in [-0.05, 0) is 60.7 Å². The fraction of sp³-hybridized carbons (Fsp3) is 0.429. The van der Waals surface area contributed by atoms with Gasteiger partial charge in [0.2, 0.25) is 0 Å². The number of rotatable bonds is 0. The zero-order valence-electron chi connectivity index (χ0n) is 34.1. The van der Waals surface area contributed by atoms with Gasteiger partial charge in [0.1, 0.15) is 0 Å². The Labute approximate surface area is 297 Å². The van der Waals surface area contributed by atoms with E-state index in [-0.39, 0.29) is 0 Å². The Hall–Kier alpha value is -4.32. The number of pyridine rings is 6. The van der Waals surface area contributed by atoms with Crippen molar-refractivity contribution in [2.24, 2.45) is 0 Å². The van der Waals surface area contributed by atoms with Crippen LogP contribution in [0.25, 0.3) is 33.0 Å². The Morgan fingerprint density at radius 2 is 0.604 bits per heavy atom. The molecule has 48 heavy (non-hydrogen) atoms. The van der Waals surface area contributed by atoms with E-state index in [1.807, 2.05) is 191 Å². The lowest BCUT2D eigenvalue weighted by Crippen LogP contribution is -1.78. The second kappa shape index (κ2) is 52.2. The summed E-state index contributed by atoms with van der Waals surface area (Å²) in [4.78, 5) is 24.4. The van der Waals surface area contributed by atoms with Gasteiger partial charge < -0.3 is 0 Å². The fourth-order valence-electron chi connectivity index (χ4n) is 2.73. The van der Waals surface area contributed by atoms with E-state index in [2.05, 4.69) is 29.9 Å². The molecule has 0 amide bonds. The Morgan fingerprint density at radius 3 is 0.958 bits per heavy atom. The van der Waals surface area contributed by atoms with Crippen molar-refractivity contribution in [3.05, 3.63) is 110 Å². The zero-order valence-corrected chi connectivity index (χ0v) is 34.1. The smallest absolute Gasteiger partial charge is 0.159 e. The summed E-state index contributed by atoms with van der Waals surface area (Å²) in [5, 5.41) is 2.22. The highest BCUT2D eigenvalue weighted by molar-refractivity contribution is 5.76. The van der Waals surface area contributed by atoms with Crippen LogP contribution in [0, 0.1) is 0 Å². The maximum atomic E-state index is 4.12. The molecule has 0 fully saturated rings. The van der Waals surface area contributed by atoms with Crippen LogP contribution in [0.1, 0.15) is 125 Å². The number of hydrogen-bond acceptors (Lipinski definition) is 6. The fourth-order valence-corrected chi connectivity index (χ4v) is 2.73. The molecule has 0 aliphatic carbocycles. The molecule has 0 saturated carbocycles. The molecule has 0 bridgehead atoms. The third kappa shape index (κ3) is 27.9. The van der Waals surface area contributed by atoms with Crippen molar-refractivity contribution >= 4 is 33.0 Å². The summed E-state index contributed by atoms with van der Waals surface area (Å²) in [6.45, 7) is 36.0. The van der Waals surface area contributed by atoms with E-state index in [4.69, 9.17) is 0 Å². The third-order valence-electron chi connectivity index (χ3n) is 4.15. The van der Waals surface area contributed by atoms with Crippen LogP contribution in [0.2, 0.25) is 0 Å². The van der Waals surface area contributed by atoms with Gasteiger partial charge in [0.25, 0.3) is 0 Å². The van der Waals surface area contributed by atoms with Gasteiger partial charge in [0.15, 0.2) is 5.65 Å². The largest absolute Gasteiger partial charge is 0.262 e. The molecule has 0 aliphatic heterocycles. The number of hydrogen-bond donors (Lipinski definition) is 0. The first-order valence-corrected chi connectivity index (χ1v) is 18.4. The van der Waals surface area contributed by atoms with Crippen LogP contribution in [0.15, 0.2) is 110 Å². The number of aromatic nitrogens is 6. The van der Waals surface area contributed by atoms with Crippen LogP contribution in [-0.2, 0) is 0 Å². The van der Waals surface area contributed by atoms with E-state index >= 15 is 0 Å². The normalized spacial score (nSPS) is 7.38. The molecule has 0 saturated heterocycles. The van der Waals surface area contributed by atoms with Gasteiger partial charge in [-0.2, -0.15) is 0 Å². The average molecular weight is 661 g/mol. The summed E-state index contributed by atoms with van der Waals surface area (Å²) in [6, 6.07) is 21.3. The van der Waals surface area contributed by atoms with E-state index in [1.165, 1.54) is 0 Å². The molecule has 270 valence electrons. The lowest BCUT2D eigenvalue weighted by molar-refractivity contribution is 1.29. The van der Waals surface area contributed by atoms with Crippen LogP contribution in [-0.4, -0.2) is 29.9 Å². The van der Waals surface area contributed by atoms with Crippen molar-refractivity contribution in [3.63, 3.8) is 0 Å². The van der Waals surface area contributed by atoms with Crippen molar-refractivity contribution < 1.29 is 0 Å². The van der Waals surface area contributed by atoms with Crippen molar-refractivity contribution in [1.82, 2.24) is 29.9 Å². The molecule has 6 heteroatoms. The minimum absolute atomic E-state index is 0.810. The average Bonchev–Trinajstić information content (AvgIpc) is 3.25. The van der Waals surface area contributed by atoms with Crippen LogP contribution < -0.4 is 0 Å². The molecule has 0 aliphatic rings. The highest BCUT2D eigenvalue weighted by Gasteiger charge is 1.89. The van der Waals surface area contributed by atoms with Gasteiger partial charge in [0.05, 0.1) is 22.7 Å². The molecule has 0 N–H and O–H groups in total. The maximum Gasteiger partial charge on any atom is 0.159 e. The monoisotopic (exact) mass is 661 g/mol. The molecule has 6 heterocycles. The second-order valence-corrected chi connectivity index (χ2v) is 6.17. The van der Waals surface area contributed by atoms with E-state index in [9.17, 15) is 0 Å². The Bertz CT molecular complexity index is 1010. The van der Waals surface area contributed by atoms with Gasteiger partial charge in [-0.1, -0.05) is 131 Å². The maximum absolute atomic E-state index is 4.12. The van der Waals surface area contributed by atoms with E-state index in [0.29, 0.717) is 0 Å². The first-order valence-electron chi connectivity index (χ1n) is 18.4. The summed E-state index contributed by atoms with van der Waals surface area (Å²) < 4.78 is 0. The molecule has 0 spiro atoms. The SMILES string of the molecule is CC.CC.CC.CC.CC.CC.CC.CC.CC.c1cnc2cccnc2c1.c1cnc2cnccc2c1.c1cnc2ncccc2c1. The van der Waals surface area contributed by atoms with Gasteiger partial charge in [0, 0.05) is 48.0 Å². The zero-order chi connectivity index (χ0) is 38.4. The van der Waals surface area contributed by atoms with Gasteiger partial charge in [-0.25, -0.2) is 9.97 Å². The molecule has 0 radical (unpaired) electrons. The molecule has 0 unspecified atom stereocenters. The lowest BCUT2D eigenvalue weighted by Gasteiger charge is -1.90. The highest BCUT2D eigenvalue weighted by Crippen LogP contribution is 2.06. The molecule has 0 atom stereocenters. The first kappa shape index (κ1) is 56.0. The van der Waals surface area contributed by atoms with Crippen molar-refractivity contribution in [2.75, 3.05) is 0 Å². The molecule has 6 rings (SSSR count). The van der Waals surface area contributed by atoms with Crippen LogP contribution in [0.5, 0.6) is 0 Å². The lowest BCUT2D eigenvalue weighted by atomic mass is 10.3. The Morgan fingerprint density at radius 1 is 0.292 bits per heavy atom. The molecule has 6 aromatic rings. The van der Waals surface area contributed by atoms with Crippen LogP contribution in [0.3, 0.4) is 0 Å². The first-order chi connectivity index (χ1) is 23.9. The summed E-state index contributed by atoms with van der Waals surface area (Å²) in [7, 11) is 0. The van der Waals surface area contributed by atoms with Gasteiger partial charge in [-0.15, -0.1) is 0 Å². The molecule has 0 aromatic carbocycles. The Balaban J connectivity index is -0.000000112. The number of fused-ring (bicyclic) bond motifs is 3. The quantitative estimate of drug-likeness (QED) is 0.161. The van der Waals surface area contributed by atoms with Crippen LogP contribution >= 0.6 is 0 Å². The molecule has 6 aromatic heterocycles. The topological polar surface area (TPSA) is 77.3 Å². The van der Waals surface area contributed by atoms with E-state index in [0.717, 1.165) is 33.0 Å². The minimum atomic E-state index is 0.810. The predicted molar refractivity (Wildman–Crippen MR) is 221 cm³/mol. The second-order valence-electron chi connectivity index (χ2n) is 6.17. The predicted octanol–water partition coefficient (Wildman–Crippen LogP) is 14.1. The van der Waals surface area contributed by atoms with Crippen LogP contribution in [0.4, 0.5) is 0 Å². The van der Waals surface area contributed by atoms with Crippen molar-refractivity contribution in [1.29, 1.82) is 0 Å². The van der Waals surface area contributed by atoms with E-state index < -0.39 is 0 Å². The highest BCUT2D eigenvalue weighted by atomic mass is 14.8. The minimum Gasteiger partial charge on any atom is -0.262 e. The number of nitrogens with zero attached hydrogens (tertiary/aromatic N) is 6. The summed E-state index contributed by atoms with van der Waals surface area (Å²) in [5.41, 5.74) is 3.66. The molecular formula is C42H72N6. The third-order valence-corrected chi connectivity index (χ3v) is 4.15. The van der Waals surface area contributed by atoms with Gasteiger partial charge in [-0.3, -0.25) is 19.9 Å². The molecular weight excluding hydrogens is 589 g/mol. The van der Waals surface area contributed by atoms with Crippen molar-refractivity contribution in [2.45, 2.75) is 125 Å². The standard InChI is InChI=1S/3C8H6N2.9C2H6/c1-3-7-8(9-5-1)4-2-6-10-7;1-3-7-4-2-6-10-8(7)9-5-1;1-2-7-3-5-9-6-8(7)10-4-1;9*1-2/h3*1-6H;9*1-2H3. The summed E-state index contributed by atoms with van der Waals surface area (Å²) >= 11 is 0. The summed E-state index contributed by atoms with van der Waals surface area (Å²) in [6.07, 6.45) is 12.3. The molecule has 6 nitrogen and oxygen atoms in total. The Kier molecular flexibility index (Phi) is 61.0. The van der Waals surface area contributed by atoms with Gasteiger partial charge >= 0.3 is 0 Å². The van der Waals surface area contributed by atoms with E-state index in [1.54, 1.807) is 43.4 Å². The summed E-state index contributed by atoms with van der Waals surface area (Å²) in [5.74, 6) is 0. The van der Waals surface area contributed by atoms with Crippen molar-refractivity contribution in [3.8, 4) is 0 Å².